The number of hydrogen-bond donors (Lipinski definition) is 1. The maximum Gasteiger partial charge on any atom is 0.258 e. The number of rotatable bonds is 9. The van der Waals surface area contributed by atoms with Crippen LogP contribution < -0.4 is 10.1 Å². The molecule has 0 radical (unpaired) electrons. The fourth-order valence-electron chi connectivity index (χ4n) is 2.21. The van der Waals surface area contributed by atoms with Crippen molar-refractivity contribution in [3.05, 3.63) is 64.1 Å². The molecule has 25 heavy (non-hydrogen) atoms. The summed E-state index contributed by atoms with van der Waals surface area (Å²) in [5.41, 5.74) is 2.34. The third-order valence-corrected chi connectivity index (χ3v) is 4.28. The van der Waals surface area contributed by atoms with E-state index >= 15 is 0 Å². The first kappa shape index (κ1) is 19.5. The monoisotopic (exact) mass is 405 g/mol. The van der Waals surface area contributed by atoms with Crippen LogP contribution in [0.25, 0.3) is 0 Å². The van der Waals surface area contributed by atoms with Gasteiger partial charge in [0.1, 0.15) is 5.75 Å². The molecule has 0 aliphatic carbocycles. The highest BCUT2D eigenvalue weighted by Gasteiger charge is 2.08. The molecule has 0 aliphatic heterocycles. The molecule has 0 atom stereocenters. The second-order valence-electron chi connectivity index (χ2n) is 6.02. The van der Waals surface area contributed by atoms with Crippen molar-refractivity contribution in [1.29, 1.82) is 0 Å². The van der Waals surface area contributed by atoms with Gasteiger partial charge in [0, 0.05) is 6.54 Å². The van der Waals surface area contributed by atoms with Crippen molar-refractivity contribution in [3.8, 4) is 5.75 Å². The van der Waals surface area contributed by atoms with Gasteiger partial charge in [0.15, 0.2) is 6.61 Å². The Hall–Kier alpha value is -1.85. The van der Waals surface area contributed by atoms with Crippen LogP contribution >= 0.6 is 15.9 Å². The van der Waals surface area contributed by atoms with Crippen molar-refractivity contribution >= 4 is 21.8 Å². The molecule has 0 saturated heterocycles. The maximum atomic E-state index is 11.8. The minimum Gasteiger partial charge on any atom is -0.483 e. The van der Waals surface area contributed by atoms with Gasteiger partial charge in [0.2, 0.25) is 0 Å². The Morgan fingerprint density at radius 1 is 1.16 bits per heavy atom. The fourth-order valence-corrected chi connectivity index (χ4v) is 2.73. The van der Waals surface area contributed by atoms with Crippen molar-refractivity contribution in [2.45, 2.75) is 26.4 Å². The molecule has 5 heteroatoms. The highest BCUT2D eigenvalue weighted by Crippen LogP contribution is 2.28. The van der Waals surface area contributed by atoms with Crippen molar-refractivity contribution in [1.82, 2.24) is 5.32 Å². The summed E-state index contributed by atoms with van der Waals surface area (Å²) in [6, 6.07) is 15.9. The van der Waals surface area contributed by atoms with Gasteiger partial charge >= 0.3 is 0 Å². The second kappa shape index (κ2) is 10.2. The Morgan fingerprint density at radius 3 is 2.60 bits per heavy atom. The average molecular weight is 406 g/mol. The third-order valence-electron chi connectivity index (χ3n) is 3.66. The van der Waals surface area contributed by atoms with E-state index in [0.29, 0.717) is 31.4 Å². The second-order valence-corrected chi connectivity index (χ2v) is 6.88. The molecule has 134 valence electrons. The number of amides is 1. The van der Waals surface area contributed by atoms with Crippen LogP contribution in [0.5, 0.6) is 5.75 Å². The van der Waals surface area contributed by atoms with Crippen LogP contribution in [0.2, 0.25) is 0 Å². The van der Waals surface area contributed by atoms with Gasteiger partial charge in [0.25, 0.3) is 5.91 Å². The van der Waals surface area contributed by atoms with E-state index < -0.39 is 0 Å². The molecular weight excluding hydrogens is 382 g/mol. The van der Waals surface area contributed by atoms with Gasteiger partial charge in [-0.3, -0.25) is 4.79 Å². The Labute approximate surface area is 157 Å². The zero-order valence-electron chi connectivity index (χ0n) is 14.6. The van der Waals surface area contributed by atoms with Gasteiger partial charge in [-0.25, -0.2) is 0 Å². The number of halogens is 1. The summed E-state index contributed by atoms with van der Waals surface area (Å²) in [6.45, 7) is 5.72. The number of benzene rings is 2. The zero-order chi connectivity index (χ0) is 18.1. The third kappa shape index (κ3) is 6.88. The molecule has 0 saturated carbocycles. The van der Waals surface area contributed by atoms with Crippen LogP contribution in [-0.2, 0) is 16.1 Å². The highest BCUT2D eigenvalue weighted by atomic mass is 79.9. The van der Waals surface area contributed by atoms with E-state index in [4.69, 9.17) is 9.47 Å². The van der Waals surface area contributed by atoms with E-state index in [1.807, 2.05) is 48.5 Å². The summed E-state index contributed by atoms with van der Waals surface area (Å²) in [6.07, 6.45) is 0. The number of carbonyl (C=O) groups is 1. The Kier molecular flexibility index (Phi) is 7.95. The van der Waals surface area contributed by atoms with Gasteiger partial charge < -0.3 is 14.8 Å². The molecule has 1 amide bonds. The molecule has 0 fully saturated rings. The predicted molar refractivity (Wildman–Crippen MR) is 103 cm³/mol. The van der Waals surface area contributed by atoms with Crippen LogP contribution in [-0.4, -0.2) is 25.7 Å². The van der Waals surface area contributed by atoms with Crippen molar-refractivity contribution in [3.63, 3.8) is 0 Å². The normalized spacial score (nSPS) is 10.7. The quantitative estimate of drug-likeness (QED) is 0.633. The molecule has 0 aromatic heterocycles. The van der Waals surface area contributed by atoms with E-state index in [9.17, 15) is 4.79 Å². The molecule has 0 heterocycles. The van der Waals surface area contributed by atoms with Crippen molar-refractivity contribution in [2.24, 2.45) is 0 Å². The summed E-state index contributed by atoms with van der Waals surface area (Å²) in [5.74, 6) is 0.951. The summed E-state index contributed by atoms with van der Waals surface area (Å²) < 4.78 is 11.9. The fraction of sp³-hybridized carbons (Fsp3) is 0.350. The van der Waals surface area contributed by atoms with Gasteiger partial charge in [-0.05, 0) is 45.1 Å². The molecule has 2 rings (SSSR count). The lowest BCUT2D eigenvalue weighted by Gasteiger charge is -2.11. The van der Waals surface area contributed by atoms with Gasteiger partial charge in [-0.1, -0.05) is 50.2 Å². The lowest BCUT2D eigenvalue weighted by atomic mass is 10.0. The summed E-state index contributed by atoms with van der Waals surface area (Å²) in [7, 11) is 0. The molecule has 0 spiro atoms. The Balaban J connectivity index is 1.64. The summed E-state index contributed by atoms with van der Waals surface area (Å²) in [4.78, 5) is 11.8. The van der Waals surface area contributed by atoms with Crippen LogP contribution in [0.4, 0.5) is 0 Å². The van der Waals surface area contributed by atoms with E-state index in [-0.39, 0.29) is 12.5 Å². The van der Waals surface area contributed by atoms with Gasteiger partial charge in [-0.15, -0.1) is 0 Å². The van der Waals surface area contributed by atoms with E-state index in [2.05, 4.69) is 35.1 Å². The molecule has 4 nitrogen and oxygen atoms in total. The molecule has 1 N–H and O–H groups in total. The minimum atomic E-state index is -0.164. The molecule has 0 aliphatic rings. The SMILES string of the molecule is CC(C)c1ccc(OCC(=O)NCCOCc2ccccc2)c(Br)c1. The maximum absolute atomic E-state index is 11.8. The first-order chi connectivity index (χ1) is 12.1. The zero-order valence-corrected chi connectivity index (χ0v) is 16.2. The highest BCUT2D eigenvalue weighted by molar-refractivity contribution is 9.10. The van der Waals surface area contributed by atoms with Gasteiger partial charge in [0.05, 0.1) is 17.7 Å². The largest absolute Gasteiger partial charge is 0.483 e. The molecular formula is C20H24BrNO3. The number of nitrogens with one attached hydrogen (secondary N) is 1. The lowest BCUT2D eigenvalue weighted by molar-refractivity contribution is -0.123. The standard InChI is InChI=1S/C20H24BrNO3/c1-15(2)17-8-9-19(18(21)12-17)25-14-20(23)22-10-11-24-13-16-6-4-3-5-7-16/h3-9,12,15H,10-11,13-14H2,1-2H3,(H,22,23). The smallest absolute Gasteiger partial charge is 0.258 e. The molecule has 2 aromatic carbocycles. The summed E-state index contributed by atoms with van der Waals surface area (Å²) >= 11 is 3.48. The Morgan fingerprint density at radius 2 is 1.92 bits per heavy atom. The van der Waals surface area contributed by atoms with Crippen LogP contribution in [0, 0.1) is 0 Å². The Bertz CT molecular complexity index is 674. The molecule has 0 bridgehead atoms. The number of carbonyl (C=O) groups excluding carboxylic acids is 1. The first-order valence-corrected chi connectivity index (χ1v) is 9.16. The topological polar surface area (TPSA) is 47.6 Å². The van der Waals surface area contributed by atoms with Crippen LogP contribution in [0.1, 0.15) is 30.9 Å². The van der Waals surface area contributed by atoms with E-state index in [1.165, 1.54) is 5.56 Å². The predicted octanol–water partition coefficient (Wildman–Crippen LogP) is 4.28. The van der Waals surface area contributed by atoms with E-state index in [0.717, 1.165) is 10.0 Å². The number of ether oxygens (including phenoxy) is 2. The van der Waals surface area contributed by atoms with Gasteiger partial charge in [-0.2, -0.15) is 0 Å². The average Bonchev–Trinajstić information content (AvgIpc) is 2.61. The first-order valence-electron chi connectivity index (χ1n) is 8.37. The minimum absolute atomic E-state index is 0.0156. The molecule has 0 unspecified atom stereocenters. The van der Waals surface area contributed by atoms with E-state index in [1.54, 1.807) is 0 Å². The van der Waals surface area contributed by atoms with Crippen molar-refractivity contribution < 1.29 is 14.3 Å². The van der Waals surface area contributed by atoms with Crippen LogP contribution in [0.15, 0.2) is 53.0 Å². The lowest BCUT2D eigenvalue weighted by Crippen LogP contribution is -2.31. The van der Waals surface area contributed by atoms with Crippen molar-refractivity contribution in [2.75, 3.05) is 19.8 Å². The summed E-state index contributed by atoms with van der Waals surface area (Å²) in [5, 5.41) is 2.78. The number of hydrogen-bond acceptors (Lipinski definition) is 3. The van der Waals surface area contributed by atoms with Crippen LogP contribution in [0.3, 0.4) is 0 Å². The molecule has 2 aromatic rings.